The summed E-state index contributed by atoms with van der Waals surface area (Å²) >= 11 is 0. The number of anilines is 1. The normalized spacial score (nSPS) is 11.3. The van der Waals surface area contributed by atoms with Gasteiger partial charge in [-0.05, 0) is 32.9 Å². The van der Waals surface area contributed by atoms with E-state index in [4.69, 9.17) is 11.1 Å². The van der Waals surface area contributed by atoms with E-state index in [1.165, 1.54) is 0 Å². The van der Waals surface area contributed by atoms with E-state index in [2.05, 4.69) is 4.98 Å². The second-order valence-electron chi connectivity index (χ2n) is 4.64. The predicted molar refractivity (Wildman–Crippen MR) is 69.4 cm³/mol. The van der Waals surface area contributed by atoms with Gasteiger partial charge < -0.3 is 15.7 Å². The zero-order chi connectivity index (χ0) is 13.1. The van der Waals surface area contributed by atoms with E-state index in [9.17, 15) is 5.11 Å². The van der Waals surface area contributed by atoms with Crippen molar-refractivity contribution < 1.29 is 5.11 Å². The molecule has 0 aromatic carbocycles. The Kier molecular flexibility index (Phi) is 4.07. The maximum atomic E-state index is 9.83. The maximum Gasteiger partial charge on any atom is 0.141 e. The van der Waals surface area contributed by atoms with Crippen LogP contribution in [0.3, 0.4) is 0 Å². The van der Waals surface area contributed by atoms with Crippen molar-refractivity contribution in [2.45, 2.75) is 26.4 Å². The molecule has 0 amide bonds. The van der Waals surface area contributed by atoms with Gasteiger partial charge in [-0.15, -0.1) is 0 Å². The average molecular weight is 236 g/mol. The van der Waals surface area contributed by atoms with Crippen molar-refractivity contribution in [2.24, 2.45) is 5.73 Å². The summed E-state index contributed by atoms with van der Waals surface area (Å²) in [5.74, 6) is -0.0499. The van der Waals surface area contributed by atoms with Crippen LogP contribution < -0.4 is 10.6 Å². The van der Waals surface area contributed by atoms with Gasteiger partial charge in [0.15, 0.2) is 0 Å². The zero-order valence-electron chi connectivity index (χ0n) is 10.6. The van der Waals surface area contributed by atoms with Gasteiger partial charge in [0, 0.05) is 25.0 Å². The van der Waals surface area contributed by atoms with E-state index in [0.717, 1.165) is 12.2 Å². The van der Waals surface area contributed by atoms with E-state index >= 15 is 0 Å². The number of likely N-dealkylation sites (N-methyl/N-ethyl adjacent to an activating group) is 1. The van der Waals surface area contributed by atoms with Gasteiger partial charge in [-0.1, -0.05) is 0 Å². The number of nitrogens with one attached hydrogen (secondary N) is 1. The Balaban J connectivity index is 2.96. The average Bonchev–Trinajstić information content (AvgIpc) is 2.25. The smallest absolute Gasteiger partial charge is 0.141 e. The molecule has 0 atom stereocenters. The van der Waals surface area contributed by atoms with Crippen molar-refractivity contribution >= 4 is 11.5 Å². The summed E-state index contributed by atoms with van der Waals surface area (Å²) in [5, 5.41) is 17.2. The molecule has 0 radical (unpaired) electrons. The molecule has 0 aliphatic rings. The van der Waals surface area contributed by atoms with Gasteiger partial charge in [0.25, 0.3) is 0 Å². The largest absolute Gasteiger partial charge is 0.389 e. The number of nitrogens with zero attached hydrogens (tertiary/aromatic N) is 2. The highest BCUT2D eigenvalue weighted by Crippen LogP contribution is 2.17. The lowest BCUT2D eigenvalue weighted by molar-refractivity contribution is 0.0876. The van der Waals surface area contributed by atoms with Gasteiger partial charge >= 0.3 is 0 Å². The highest BCUT2D eigenvalue weighted by molar-refractivity contribution is 5.93. The molecule has 5 heteroatoms. The summed E-state index contributed by atoms with van der Waals surface area (Å²) in [4.78, 5) is 6.04. The van der Waals surface area contributed by atoms with E-state index in [-0.39, 0.29) is 5.84 Å². The fourth-order valence-electron chi connectivity index (χ4n) is 1.62. The molecule has 5 nitrogen and oxygen atoms in total. The molecule has 1 heterocycles. The fraction of sp³-hybridized carbons (Fsp3) is 0.500. The number of nitrogens with two attached hydrogens (primary N) is 1. The quantitative estimate of drug-likeness (QED) is 0.525. The van der Waals surface area contributed by atoms with Gasteiger partial charge in [-0.25, -0.2) is 0 Å². The highest BCUT2D eigenvalue weighted by atomic mass is 16.3. The third kappa shape index (κ3) is 4.03. The van der Waals surface area contributed by atoms with Crippen molar-refractivity contribution in [3.8, 4) is 0 Å². The minimum absolute atomic E-state index is 0.0499. The lowest BCUT2D eigenvalue weighted by Gasteiger charge is -2.30. The number of hydrogen-bond acceptors (Lipinski definition) is 4. The van der Waals surface area contributed by atoms with Crippen molar-refractivity contribution in [3.05, 3.63) is 24.0 Å². The fourth-order valence-corrected chi connectivity index (χ4v) is 1.62. The molecular formula is C12H20N4O. The van der Waals surface area contributed by atoms with E-state index in [1.807, 2.05) is 17.9 Å². The van der Waals surface area contributed by atoms with Gasteiger partial charge in [-0.2, -0.15) is 0 Å². The van der Waals surface area contributed by atoms with Crippen molar-refractivity contribution in [2.75, 3.05) is 18.0 Å². The minimum atomic E-state index is -0.768. The molecule has 0 aliphatic heterocycles. The van der Waals surface area contributed by atoms with E-state index in [0.29, 0.717) is 12.2 Å². The first kappa shape index (κ1) is 13.4. The van der Waals surface area contributed by atoms with Gasteiger partial charge in [0.2, 0.25) is 0 Å². The van der Waals surface area contributed by atoms with Crippen molar-refractivity contribution in [3.63, 3.8) is 0 Å². The number of rotatable bonds is 5. The number of nitrogen functional groups attached to an aromatic ring is 1. The molecule has 0 saturated heterocycles. The number of amidine groups is 1. The van der Waals surface area contributed by atoms with Crippen molar-refractivity contribution in [1.82, 2.24) is 4.98 Å². The van der Waals surface area contributed by atoms with Gasteiger partial charge in [0.05, 0.1) is 5.60 Å². The standard InChI is InChI=1S/C12H20N4O/c1-4-16(8-12(2,3)17)9-5-6-15-10(7-9)11(13)14/h5-7,17H,4,8H2,1-3H3,(H3,13,14). The Labute approximate surface area is 102 Å². The first-order valence-corrected chi connectivity index (χ1v) is 5.61. The highest BCUT2D eigenvalue weighted by Gasteiger charge is 2.18. The van der Waals surface area contributed by atoms with Crippen LogP contribution in [0.15, 0.2) is 18.3 Å². The Morgan fingerprint density at radius 1 is 1.59 bits per heavy atom. The van der Waals surface area contributed by atoms with Crippen LogP contribution in [-0.4, -0.2) is 34.6 Å². The van der Waals surface area contributed by atoms with Crippen LogP contribution in [0.1, 0.15) is 26.5 Å². The molecule has 17 heavy (non-hydrogen) atoms. The van der Waals surface area contributed by atoms with Crippen LogP contribution in [0.4, 0.5) is 5.69 Å². The van der Waals surface area contributed by atoms with Crippen molar-refractivity contribution in [1.29, 1.82) is 5.41 Å². The lowest BCUT2D eigenvalue weighted by Crippen LogP contribution is -2.38. The van der Waals surface area contributed by atoms with Crippen LogP contribution in [0.5, 0.6) is 0 Å². The molecule has 0 fully saturated rings. The Morgan fingerprint density at radius 2 is 2.24 bits per heavy atom. The molecule has 94 valence electrons. The Bertz CT molecular complexity index is 398. The van der Waals surface area contributed by atoms with Crippen LogP contribution in [0.25, 0.3) is 0 Å². The molecule has 4 N–H and O–H groups in total. The van der Waals surface area contributed by atoms with Crippen LogP contribution in [0, 0.1) is 5.41 Å². The molecule has 0 bridgehead atoms. The number of aromatic nitrogens is 1. The summed E-state index contributed by atoms with van der Waals surface area (Å²) in [6, 6.07) is 3.61. The topological polar surface area (TPSA) is 86.2 Å². The van der Waals surface area contributed by atoms with E-state index < -0.39 is 5.60 Å². The second-order valence-corrected chi connectivity index (χ2v) is 4.64. The molecule has 1 aromatic rings. The molecule has 0 spiro atoms. The van der Waals surface area contributed by atoms with Crippen LogP contribution in [0.2, 0.25) is 0 Å². The third-order valence-corrected chi connectivity index (χ3v) is 2.34. The number of pyridine rings is 1. The number of hydrogen-bond donors (Lipinski definition) is 3. The summed E-state index contributed by atoms with van der Waals surface area (Å²) in [6.07, 6.45) is 1.62. The molecular weight excluding hydrogens is 216 g/mol. The lowest BCUT2D eigenvalue weighted by atomic mass is 10.1. The summed E-state index contributed by atoms with van der Waals surface area (Å²) in [5.41, 5.74) is 6.00. The molecule has 0 saturated carbocycles. The SMILES string of the molecule is CCN(CC(C)(C)O)c1ccnc(C(=N)N)c1. The molecule has 0 aliphatic carbocycles. The maximum absolute atomic E-state index is 9.83. The second kappa shape index (κ2) is 5.14. The molecule has 1 aromatic heterocycles. The monoisotopic (exact) mass is 236 g/mol. The van der Waals surface area contributed by atoms with Gasteiger partial charge in [0.1, 0.15) is 11.5 Å². The summed E-state index contributed by atoms with van der Waals surface area (Å²) < 4.78 is 0. The Morgan fingerprint density at radius 3 is 2.71 bits per heavy atom. The van der Waals surface area contributed by atoms with Gasteiger partial charge in [-0.3, -0.25) is 10.4 Å². The summed E-state index contributed by atoms with van der Waals surface area (Å²) in [7, 11) is 0. The summed E-state index contributed by atoms with van der Waals surface area (Å²) in [6.45, 7) is 6.83. The zero-order valence-corrected chi connectivity index (χ0v) is 10.6. The molecule has 1 rings (SSSR count). The van der Waals surface area contributed by atoms with E-state index in [1.54, 1.807) is 26.1 Å². The predicted octanol–water partition coefficient (Wildman–Crippen LogP) is 0.963. The van der Waals surface area contributed by atoms with Crippen LogP contribution >= 0.6 is 0 Å². The van der Waals surface area contributed by atoms with Crippen LogP contribution in [-0.2, 0) is 0 Å². The first-order valence-electron chi connectivity index (χ1n) is 5.61. The third-order valence-electron chi connectivity index (χ3n) is 2.34. The first-order chi connectivity index (χ1) is 7.83. The Hall–Kier alpha value is -1.62. The molecule has 0 unspecified atom stereocenters. The number of aliphatic hydroxyl groups is 1. The minimum Gasteiger partial charge on any atom is -0.389 e.